The van der Waals surface area contributed by atoms with Gasteiger partial charge in [0.15, 0.2) is 0 Å². The summed E-state index contributed by atoms with van der Waals surface area (Å²) in [4.78, 5) is 169. The number of nitrogens with zero attached hydrogens (tertiary/aromatic N) is 7. The second kappa shape index (κ2) is 36.1. The monoisotopic (exact) mass is 1230 g/mol. The minimum atomic E-state index is -1.63. The summed E-state index contributed by atoms with van der Waals surface area (Å²) < 4.78 is 5.90. The Kier molecular flexibility index (Phi) is 32.7. The average molecular weight is 1230 g/mol. The molecule has 1 rings (SSSR count). The van der Waals surface area contributed by atoms with Crippen molar-refractivity contribution in [3.63, 3.8) is 0 Å². The first-order chi connectivity index (χ1) is 40.3. The summed E-state index contributed by atoms with van der Waals surface area (Å²) in [5.41, 5.74) is 0. The first kappa shape index (κ1) is 78.6. The molecule has 0 unspecified atom stereocenters. The molecule has 1 aliphatic heterocycles. The van der Waals surface area contributed by atoms with E-state index in [9.17, 15) is 48.3 Å². The summed E-state index contributed by atoms with van der Waals surface area (Å²) in [7, 11) is 9.75. The number of rotatable bonds is 17. The number of likely N-dealkylation sites (N-methyl/N-ethyl adjacent to an activating group) is 7. The first-order valence-electron chi connectivity index (χ1n) is 30.8. The van der Waals surface area contributed by atoms with E-state index in [4.69, 9.17) is 4.74 Å². The summed E-state index contributed by atoms with van der Waals surface area (Å²) in [6.45, 7) is 30.6. The van der Waals surface area contributed by atoms with E-state index >= 15 is 9.59 Å². The van der Waals surface area contributed by atoms with Crippen LogP contribution < -0.4 is 21.3 Å². The Hall–Kier alpha value is -6.43. The van der Waals surface area contributed by atoms with Crippen LogP contribution in [-0.4, -0.2) is 239 Å². The molecular weight excluding hydrogens is 1120 g/mol. The molecule has 1 heterocycles. The minimum absolute atomic E-state index is 0.00582. The fourth-order valence-corrected chi connectivity index (χ4v) is 10.8. The van der Waals surface area contributed by atoms with Crippen molar-refractivity contribution in [3.8, 4) is 0 Å². The van der Waals surface area contributed by atoms with Crippen LogP contribution in [0.1, 0.15) is 143 Å². The molecule has 11 amide bonds. The number of allylic oxidation sites excluding steroid dienone is 2. The van der Waals surface area contributed by atoms with E-state index in [0.717, 1.165) is 14.7 Å². The van der Waals surface area contributed by atoms with E-state index < -0.39 is 162 Å². The number of aliphatic hydroxyl groups is 1. The van der Waals surface area contributed by atoms with Crippen LogP contribution in [0.4, 0.5) is 0 Å². The zero-order valence-corrected chi connectivity index (χ0v) is 56.8. The quantitative estimate of drug-likeness (QED) is 0.131. The lowest BCUT2D eigenvalue weighted by Crippen LogP contribution is -2.63. The minimum Gasteiger partial charge on any atom is -0.390 e. The number of hydrogen-bond acceptors (Lipinski definition) is 13. The van der Waals surface area contributed by atoms with E-state index in [-0.39, 0.29) is 50.0 Å². The zero-order valence-electron chi connectivity index (χ0n) is 56.8. The van der Waals surface area contributed by atoms with Crippen LogP contribution >= 0.6 is 0 Å². The molecule has 13 atom stereocenters. The fraction of sp³-hybridized carbons (Fsp3) is 0.762. The molecule has 0 spiro atoms. The van der Waals surface area contributed by atoms with Crippen molar-refractivity contribution in [1.82, 2.24) is 55.6 Å². The number of carbonyl (C=O) groups excluding carboxylic acids is 11. The molecule has 87 heavy (non-hydrogen) atoms. The van der Waals surface area contributed by atoms with Crippen LogP contribution in [0.25, 0.3) is 0 Å². The van der Waals surface area contributed by atoms with E-state index in [0.29, 0.717) is 6.42 Å². The van der Waals surface area contributed by atoms with E-state index in [1.54, 1.807) is 67.5 Å². The average Bonchev–Trinajstić information content (AvgIpc) is 1.82. The normalized spacial score (nSPS) is 26.8. The summed E-state index contributed by atoms with van der Waals surface area (Å²) >= 11 is 0. The Bertz CT molecular complexity index is 2400. The van der Waals surface area contributed by atoms with Gasteiger partial charge in [-0.1, -0.05) is 101 Å². The van der Waals surface area contributed by atoms with Crippen molar-refractivity contribution in [1.29, 1.82) is 0 Å². The Morgan fingerprint density at radius 3 is 1.46 bits per heavy atom. The van der Waals surface area contributed by atoms with Gasteiger partial charge in [-0.15, -0.1) is 6.58 Å². The molecule has 1 fully saturated rings. The summed E-state index contributed by atoms with van der Waals surface area (Å²) in [5.74, 6) is -10.1. The second-order valence-electron chi connectivity index (χ2n) is 25.7. The first-order valence-corrected chi connectivity index (χ1v) is 30.8. The molecule has 1 saturated heterocycles. The molecule has 24 heteroatoms. The standard InChI is InChI=1S/C63H111N11O13/c1-25-28-29-40(14)53(76)52-57(80)66-44(27-3)59(82)68(18)34-48(75)72(22)51(43(17)87-30-26-2)56(79)67-49(38(10)11)62(85)69(19)45(31-35(4)5)55(78)64-41(15)54(77)65-42(16)58(81)70(20)46(32-36(6)7)60(83)71(21)47(33-37(8)9)61(84)73(23)50(39(12)13)63(86)74(52)24/h25-26,28,35-47,49-53,76H,2,27,29-34H2,1,3-24H3,(H,64,78)(H,65,77)(H,66,80)(H,67,79)/b28-25+/t40-,41+,42+,43+,44+,45-,46+,47-,49+,50+,51+,52+,53-/m1/s1. The van der Waals surface area contributed by atoms with Gasteiger partial charge in [-0.05, 0) is 95.3 Å². The van der Waals surface area contributed by atoms with Gasteiger partial charge in [0.2, 0.25) is 65.0 Å². The van der Waals surface area contributed by atoms with Crippen LogP contribution in [0.5, 0.6) is 0 Å². The number of hydrogen-bond donors (Lipinski definition) is 5. The molecule has 1 aliphatic rings. The Labute approximate surface area is 519 Å². The van der Waals surface area contributed by atoms with Gasteiger partial charge in [-0.3, -0.25) is 52.7 Å². The van der Waals surface area contributed by atoms with Crippen LogP contribution in [0, 0.1) is 35.5 Å². The predicted octanol–water partition coefficient (Wildman–Crippen LogP) is 2.81. The molecule has 0 aromatic carbocycles. The van der Waals surface area contributed by atoms with Crippen molar-refractivity contribution in [2.24, 2.45) is 35.5 Å². The number of carbonyl (C=O) groups is 11. The van der Waals surface area contributed by atoms with E-state index in [1.807, 2.05) is 41.5 Å². The molecule has 0 bridgehead atoms. The second-order valence-corrected chi connectivity index (χ2v) is 25.7. The maximum atomic E-state index is 15.2. The summed E-state index contributed by atoms with van der Waals surface area (Å²) in [6.07, 6.45) is 3.20. The predicted molar refractivity (Wildman–Crippen MR) is 335 cm³/mol. The van der Waals surface area contributed by atoms with Gasteiger partial charge >= 0.3 is 0 Å². The van der Waals surface area contributed by atoms with Crippen LogP contribution in [0.2, 0.25) is 0 Å². The maximum absolute atomic E-state index is 15.2. The highest BCUT2D eigenvalue weighted by atomic mass is 16.5. The van der Waals surface area contributed by atoms with Gasteiger partial charge in [-0.2, -0.15) is 0 Å². The van der Waals surface area contributed by atoms with Gasteiger partial charge in [0, 0.05) is 49.3 Å². The molecule has 24 nitrogen and oxygen atoms in total. The SMILES string of the molecule is C=CCO[C@@H](C)[C@H]1C(=O)N[C@@H](C(C)C)C(=O)N(C)[C@H](CC(C)C)C(=O)N[C@@H](C)C(=O)N[C@@H](C)C(=O)N(C)[C@@H](CC(C)C)C(=O)N(C)[C@H](CC(C)C)C(=O)N(C)[C@@H](C(C)C)C(=O)N(C)[C@@H]([C@H](O)[C@H](C)C/C=C/C)C(=O)N[C@@H](CC)C(=O)N(C)CC(=O)N1C. The topological polar surface area (TPSA) is 288 Å². The van der Waals surface area contributed by atoms with Gasteiger partial charge < -0.3 is 65.4 Å². The fourth-order valence-electron chi connectivity index (χ4n) is 10.8. The maximum Gasteiger partial charge on any atom is 0.246 e. The van der Waals surface area contributed by atoms with E-state index in [1.165, 1.54) is 88.9 Å². The third-order valence-electron chi connectivity index (χ3n) is 16.2. The number of nitrogens with one attached hydrogen (secondary N) is 4. The smallest absolute Gasteiger partial charge is 0.246 e. The highest BCUT2D eigenvalue weighted by molar-refractivity contribution is 5.99. The molecule has 0 radical (unpaired) electrons. The van der Waals surface area contributed by atoms with Crippen molar-refractivity contribution < 1.29 is 62.6 Å². The molecule has 0 saturated carbocycles. The molecular formula is C63H111N11O13. The van der Waals surface area contributed by atoms with Crippen molar-refractivity contribution >= 4 is 65.0 Å². The molecule has 496 valence electrons. The van der Waals surface area contributed by atoms with Crippen molar-refractivity contribution in [3.05, 3.63) is 24.8 Å². The lowest BCUT2D eigenvalue weighted by atomic mass is 9.91. The third-order valence-corrected chi connectivity index (χ3v) is 16.2. The Morgan fingerprint density at radius 1 is 0.529 bits per heavy atom. The number of ether oxygens (including phenoxy) is 1. The Balaban J connectivity index is 4.37. The molecule has 0 aliphatic carbocycles. The molecule has 5 N–H and O–H groups in total. The molecule has 0 aromatic heterocycles. The van der Waals surface area contributed by atoms with Crippen LogP contribution in [-0.2, 0) is 57.5 Å². The lowest BCUT2D eigenvalue weighted by Gasteiger charge is -2.41. The van der Waals surface area contributed by atoms with Crippen LogP contribution in [0.3, 0.4) is 0 Å². The number of aliphatic hydroxyl groups excluding tert-OH is 1. The van der Waals surface area contributed by atoms with Crippen molar-refractivity contribution in [2.45, 2.75) is 216 Å². The highest BCUT2D eigenvalue weighted by Gasteiger charge is 2.46. The Morgan fingerprint density at radius 2 is 0.989 bits per heavy atom. The number of amides is 11. The lowest BCUT2D eigenvalue weighted by molar-refractivity contribution is -0.157. The van der Waals surface area contributed by atoms with Gasteiger partial charge in [0.05, 0.1) is 25.4 Å². The van der Waals surface area contributed by atoms with Crippen molar-refractivity contribution in [2.75, 3.05) is 62.5 Å². The zero-order chi connectivity index (χ0) is 67.4. The third kappa shape index (κ3) is 22.0. The van der Waals surface area contributed by atoms with Crippen LogP contribution in [0.15, 0.2) is 24.8 Å². The van der Waals surface area contributed by atoms with Gasteiger partial charge in [-0.25, -0.2) is 0 Å². The van der Waals surface area contributed by atoms with E-state index in [2.05, 4.69) is 27.8 Å². The van der Waals surface area contributed by atoms with Gasteiger partial charge in [0.1, 0.15) is 60.4 Å². The highest BCUT2D eigenvalue weighted by Crippen LogP contribution is 2.25. The molecule has 0 aromatic rings. The van der Waals surface area contributed by atoms with Gasteiger partial charge in [0.25, 0.3) is 0 Å². The summed E-state index contributed by atoms with van der Waals surface area (Å²) in [5, 5.41) is 23.0. The largest absolute Gasteiger partial charge is 0.390 e. The summed E-state index contributed by atoms with van der Waals surface area (Å²) in [6, 6.07) is -12.8.